The van der Waals surface area contributed by atoms with E-state index in [4.69, 9.17) is 4.74 Å². The molecule has 0 spiro atoms. The third-order valence-corrected chi connectivity index (χ3v) is 4.28. The van der Waals surface area contributed by atoms with Crippen molar-refractivity contribution in [3.63, 3.8) is 0 Å². The zero-order chi connectivity index (χ0) is 19.1. The number of nitrogens with one attached hydrogen (secondary N) is 1. The second-order valence-electron chi connectivity index (χ2n) is 5.96. The fraction of sp³-hybridized carbons (Fsp3) is 0.250. The van der Waals surface area contributed by atoms with Crippen molar-refractivity contribution in [2.75, 3.05) is 11.9 Å². The van der Waals surface area contributed by atoms with Gasteiger partial charge in [0.25, 0.3) is 0 Å². The standard InChI is InChI=1S/C20H20BrNO4/c1-13-3-4-14(2)17(11-13)22-19(24)9-10-20(25)26-12-18(23)15-5-7-16(21)8-6-15/h3-8,11H,9-10,12H2,1-2H3,(H,22,24). The minimum Gasteiger partial charge on any atom is -0.457 e. The van der Waals surface area contributed by atoms with Crippen molar-refractivity contribution in [1.82, 2.24) is 0 Å². The van der Waals surface area contributed by atoms with Crippen molar-refractivity contribution in [3.05, 3.63) is 63.6 Å². The molecular weight excluding hydrogens is 398 g/mol. The summed E-state index contributed by atoms with van der Waals surface area (Å²) < 4.78 is 5.81. The van der Waals surface area contributed by atoms with Gasteiger partial charge in [-0.1, -0.05) is 40.2 Å². The average molecular weight is 418 g/mol. The average Bonchev–Trinajstić information content (AvgIpc) is 2.61. The van der Waals surface area contributed by atoms with Crippen LogP contribution < -0.4 is 5.32 Å². The molecule has 6 heteroatoms. The number of aryl methyl sites for hydroxylation is 2. The highest BCUT2D eigenvalue weighted by Crippen LogP contribution is 2.17. The first kappa shape index (κ1) is 19.8. The lowest BCUT2D eigenvalue weighted by molar-refractivity contribution is -0.143. The van der Waals surface area contributed by atoms with Gasteiger partial charge >= 0.3 is 5.97 Å². The highest BCUT2D eigenvalue weighted by atomic mass is 79.9. The molecule has 0 atom stereocenters. The molecule has 136 valence electrons. The number of halogens is 1. The largest absolute Gasteiger partial charge is 0.457 e. The first-order valence-electron chi connectivity index (χ1n) is 8.16. The summed E-state index contributed by atoms with van der Waals surface area (Å²) >= 11 is 3.29. The van der Waals surface area contributed by atoms with Gasteiger partial charge in [0.05, 0.1) is 6.42 Å². The summed E-state index contributed by atoms with van der Waals surface area (Å²) in [5, 5.41) is 2.78. The Bertz CT molecular complexity index is 815. The number of hydrogen-bond acceptors (Lipinski definition) is 4. The second-order valence-corrected chi connectivity index (χ2v) is 6.87. The van der Waals surface area contributed by atoms with Crippen LogP contribution in [0.4, 0.5) is 5.69 Å². The molecule has 0 unspecified atom stereocenters. The number of esters is 1. The van der Waals surface area contributed by atoms with Gasteiger partial charge in [-0.05, 0) is 43.2 Å². The summed E-state index contributed by atoms with van der Waals surface area (Å²) in [5.41, 5.74) is 3.19. The Hall–Kier alpha value is -2.47. The normalized spacial score (nSPS) is 10.3. The van der Waals surface area contributed by atoms with Crippen LogP contribution in [0.15, 0.2) is 46.9 Å². The number of ether oxygens (including phenoxy) is 1. The maximum atomic E-state index is 12.0. The Morgan fingerprint density at radius 2 is 1.69 bits per heavy atom. The van der Waals surface area contributed by atoms with E-state index in [1.807, 2.05) is 32.0 Å². The number of carbonyl (C=O) groups excluding carboxylic acids is 3. The highest BCUT2D eigenvalue weighted by Gasteiger charge is 2.12. The van der Waals surface area contributed by atoms with E-state index >= 15 is 0 Å². The number of anilines is 1. The molecule has 0 saturated heterocycles. The van der Waals surface area contributed by atoms with E-state index < -0.39 is 5.97 Å². The third kappa shape index (κ3) is 6.11. The SMILES string of the molecule is Cc1ccc(C)c(NC(=O)CCC(=O)OCC(=O)c2ccc(Br)cc2)c1. The number of carbonyl (C=O) groups is 3. The van der Waals surface area contributed by atoms with Crippen LogP contribution in [0.25, 0.3) is 0 Å². The molecule has 0 saturated carbocycles. The number of amides is 1. The summed E-state index contributed by atoms with van der Waals surface area (Å²) in [7, 11) is 0. The predicted octanol–water partition coefficient (Wildman–Crippen LogP) is 4.21. The van der Waals surface area contributed by atoms with Gasteiger partial charge in [-0.25, -0.2) is 0 Å². The summed E-state index contributed by atoms with van der Waals surface area (Å²) in [6.45, 7) is 3.50. The summed E-state index contributed by atoms with van der Waals surface area (Å²) in [5.74, 6) is -1.13. The van der Waals surface area contributed by atoms with Gasteiger partial charge in [0.2, 0.25) is 5.91 Å². The number of hydrogen-bond donors (Lipinski definition) is 1. The summed E-state index contributed by atoms with van der Waals surface area (Å²) in [6.07, 6.45) is -0.0804. The van der Waals surface area contributed by atoms with Crippen molar-refractivity contribution in [2.45, 2.75) is 26.7 Å². The molecule has 0 heterocycles. The Balaban J connectivity index is 1.75. The van der Waals surface area contributed by atoms with Crippen LogP contribution >= 0.6 is 15.9 Å². The fourth-order valence-electron chi connectivity index (χ4n) is 2.24. The highest BCUT2D eigenvalue weighted by molar-refractivity contribution is 9.10. The molecule has 2 aromatic carbocycles. The van der Waals surface area contributed by atoms with E-state index in [2.05, 4.69) is 21.2 Å². The van der Waals surface area contributed by atoms with E-state index in [0.717, 1.165) is 21.3 Å². The number of Topliss-reactive ketones (excluding diaryl/α,β-unsaturated/α-hetero) is 1. The maximum Gasteiger partial charge on any atom is 0.306 e. The second kappa shape index (κ2) is 9.29. The predicted molar refractivity (Wildman–Crippen MR) is 103 cm³/mol. The van der Waals surface area contributed by atoms with Crippen molar-refractivity contribution in [3.8, 4) is 0 Å². The molecule has 0 aliphatic heterocycles. The topological polar surface area (TPSA) is 72.5 Å². The Kier molecular flexibility index (Phi) is 7.09. The van der Waals surface area contributed by atoms with Crippen LogP contribution in [0.1, 0.15) is 34.3 Å². The van der Waals surface area contributed by atoms with Gasteiger partial charge in [0, 0.05) is 22.1 Å². The minimum atomic E-state index is -0.577. The number of ketones is 1. The molecule has 0 aliphatic carbocycles. The molecule has 0 aliphatic rings. The smallest absolute Gasteiger partial charge is 0.306 e. The molecule has 1 N–H and O–H groups in total. The quantitative estimate of drug-likeness (QED) is 0.540. The summed E-state index contributed by atoms with van der Waals surface area (Å²) in [6, 6.07) is 12.6. The fourth-order valence-corrected chi connectivity index (χ4v) is 2.50. The Morgan fingerprint density at radius 3 is 2.38 bits per heavy atom. The van der Waals surface area contributed by atoms with Gasteiger partial charge in [0.15, 0.2) is 12.4 Å². The third-order valence-electron chi connectivity index (χ3n) is 3.75. The number of rotatable bonds is 7. The number of benzene rings is 2. The molecule has 2 rings (SSSR count). The van der Waals surface area contributed by atoms with Crippen molar-refractivity contribution < 1.29 is 19.1 Å². The Labute approximate surface area is 160 Å². The molecule has 0 fully saturated rings. The van der Waals surface area contributed by atoms with Crippen LogP contribution in [0.2, 0.25) is 0 Å². The van der Waals surface area contributed by atoms with Crippen LogP contribution in [-0.4, -0.2) is 24.3 Å². The maximum absolute atomic E-state index is 12.0. The molecular formula is C20H20BrNO4. The monoisotopic (exact) mass is 417 g/mol. The molecule has 2 aromatic rings. The first-order chi connectivity index (χ1) is 12.3. The van der Waals surface area contributed by atoms with E-state index in [0.29, 0.717) is 5.56 Å². The summed E-state index contributed by atoms with van der Waals surface area (Å²) in [4.78, 5) is 35.7. The van der Waals surface area contributed by atoms with Crippen molar-refractivity contribution in [1.29, 1.82) is 0 Å². The molecule has 0 radical (unpaired) electrons. The van der Waals surface area contributed by atoms with Crippen molar-refractivity contribution >= 4 is 39.3 Å². The zero-order valence-electron chi connectivity index (χ0n) is 14.7. The lowest BCUT2D eigenvalue weighted by atomic mass is 10.1. The first-order valence-corrected chi connectivity index (χ1v) is 8.96. The van der Waals surface area contributed by atoms with E-state index in [-0.39, 0.29) is 31.1 Å². The van der Waals surface area contributed by atoms with Crippen LogP contribution in [0.3, 0.4) is 0 Å². The van der Waals surface area contributed by atoms with E-state index in [1.165, 1.54) is 0 Å². The Morgan fingerprint density at radius 1 is 1.00 bits per heavy atom. The van der Waals surface area contributed by atoms with Gasteiger partial charge in [-0.2, -0.15) is 0 Å². The molecule has 5 nitrogen and oxygen atoms in total. The van der Waals surface area contributed by atoms with Crippen LogP contribution in [0.5, 0.6) is 0 Å². The molecule has 1 amide bonds. The molecule has 0 aromatic heterocycles. The van der Waals surface area contributed by atoms with E-state index in [1.54, 1.807) is 24.3 Å². The zero-order valence-corrected chi connectivity index (χ0v) is 16.3. The van der Waals surface area contributed by atoms with Gasteiger partial charge in [0.1, 0.15) is 0 Å². The lowest BCUT2D eigenvalue weighted by Gasteiger charge is -2.09. The van der Waals surface area contributed by atoms with Crippen LogP contribution in [0, 0.1) is 13.8 Å². The molecule has 26 heavy (non-hydrogen) atoms. The van der Waals surface area contributed by atoms with Gasteiger partial charge in [-0.3, -0.25) is 14.4 Å². The van der Waals surface area contributed by atoms with Gasteiger partial charge < -0.3 is 10.1 Å². The van der Waals surface area contributed by atoms with Crippen LogP contribution in [-0.2, 0) is 14.3 Å². The van der Waals surface area contributed by atoms with E-state index in [9.17, 15) is 14.4 Å². The van der Waals surface area contributed by atoms with Crippen molar-refractivity contribution in [2.24, 2.45) is 0 Å². The minimum absolute atomic E-state index is 0.00130. The molecule has 0 bridgehead atoms. The van der Waals surface area contributed by atoms with Gasteiger partial charge in [-0.15, -0.1) is 0 Å². The lowest BCUT2D eigenvalue weighted by Crippen LogP contribution is -2.17.